The van der Waals surface area contributed by atoms with Gasteiger partial charge in [0, 0.05) is 23.9 Å². The summed E-state index contributed by atoms with van der Waals surface area (Å²) in [5.74, 6) is 0.0689. The summed E-state index contributed by atoms with van der Waals surface area (Å²) in [6.07, 6.45) is 4.57. The summed E-state index contributed by atoms with van der Waals surface area (Å²) >= 11 is 1.43. The molecule has 130 valence electrons. The number of nitrogens with zero attached hydrogens (tertiary/aromatic N) is 2. The molecule has 1 amide bonds. The van der Waals surface area contributed by atoms with Gasteiger partial charge in [0.2, 0.25) is 0 Å². The molecular formula is C20H23N3OS. The van der Waals surface area contributed by atoms with Crippen molar-refractivity contribution in [1.82, 2.24) is 9.88 Å². The van der Waals surface area contributed by atoms with Crippen molar-refractivity contribution in [3.63, 3.8) is 0 Å². The minimum Gasteiger partial charge on any atom is -0.397 e. The van der Waals surface area contributed by atoms with Crippen LogP contribution in [0.1, 0.15) is 46.5 Å². The smallest absolute Gasteiger partial charge is 0.266 e. The zero-order valence-corrected chi connectivity index (χ0v) is 15.6. The monoisotopic (exact) mass is 353 g/mol. The molecule has 2 N–H and O–H groups in total. The van der Waals surface area contributed by atoms with E-state index < -0.39 is 0 Å². The van der Waals surface area contributed by atoms with Gasteiger partial charge in [-0.1, -0.05) is 24.5 Å². The van der Waals surface area contributed by atoms with Gasteiger partial charge in [-0.3, -0.25) is 4.79 Å². The lowest BCUT2D eigenvalue weighted by atomic mass is 10.1. The quantitative estimate of drug-likeness (QED) is 0.692. The van der Waals surface area contributed by atoms with E-state index in [1.54, 1.807) is 0 Å². The van der Waals surface area contributed by atoms with Crippen molar-refractivity contribution in [2.45, 2.75) is 39.5 Å². The van der Waals surface area contributed by atoms with Gasteiger partial charge in [-0.2, -0.15) is 0 Å². The second-order valence-electron chi connectivity index (χ2n) is 7.05. The molecule has 3 heterocycles. The summed E-state index contributed by atoms with van der Waals surface area (Å²) in [5.41, 5.74) is 10.3. The van der Waals surface area contributed by atoms with Gasteiger partial charge < -0.3 is 10.6 Å². The Morgan fingerprint density at radius 2 is 1.84 bits per heavy atom. The molecule has 0 radical (unpaired) electrons. The van der Waals surface area contributed by atoms with Crippen LogP contribution in [0.4, 0.5) is 5.69 Å². The first-order valence-corrected chi connectivity index (χ1v) is 9.75. The first-order chi connectivity index (χ1) is 12.0. The Hall–Kier alpha value is -2.14. The van der Waals surface area contributed by atoms with E-state index in [0.717, 1.165) is 52.6 Å². The van der Waals surface area contributed by atoms with Crippen molar-refractivity contribution in [3.05, 3.63) is 34.2 Å². The third-order valence-corrected chi connectivity index (χ3v) is 6.14. The second-order valence-corrected chi connectivity index (χ2v) is 8.04. The molecule has 3 aromatic rings. The molecule has 1 saturated heterocycles. The molecule has 0 bridgehead atoms. The summed E-state index contributed by atoms with van der Waals surface area (Å²) in [7, 11) is 0. The van der Waals surface area contributed by atoms with Crippen LogP contribution in [0.25, 0.3) is 21.1 Å². The van der Waals surface area contributed by atoms with Gasteiger partial charge in [0.1, 0.15) is 9.71 Å². The lowest BCUT2D eigenvalue weighted by Crippen LogP contribution is -2.31. The van der Waals surface area contributed by atoms with Gasteiger partial charge in [-0.25, -0.2) is 4.98 Å². The summed E-state index contributed by atoms with van der Waals surface area (Å²) in [5, 5.41) is 1.99. The summed E-state index contributed by atoms with van der Waals surface area (Å²) in [4.78, 5) is 21.3. The predicted molar refractivity (Wildman–Crippen MR) is 105 cm³/mol. The van der Waals surface area contributed by atoms with Gasteiger partial charge in [0.05, 0.1) is 11.2 Å². The highest BCUT2D eigenvalue weighted by atomic mass is 32.1. The molecule has 0 spiro atoms. The SMILES string of the molecule is Cc1cc(C)c2nc3sc(C(=O)N4CCCCCC4)c(N)c3cc2c1. The van der Waals surface area contributed by atoms with E-state index in [9.17, 15) is 4.79 Å². The maximum Gasteiger partial charge on any atom is 0.266 e. The number of aromatic nitrogens is 1. The van der Waals surface area contributed by atoms with Crippen molar-refractivity contribution in [1.29, 1.82) is 0 Å². The lowest BCUT2D eigenvalue weighted by molar-refractivity contribution is 0.0767. The number of pyridine rings is 1. The standard InChI is InChI=1S/C20H23N3OS/c1-12-9-13(2)17-14(10-12)11-15-16(21)18(25-19(15)22-17)20(24)23-7-5-3-4-6-8-23/h9-11H,3-8,21H2,1-2H3. The summed E-state index contributed by atoms with van der Waals surface area (Å²) in [6, 6.07) is 6.35. The number of nitrogens with two attached hydrogens (primary N) is 1. The van der Waals surface area contributed by atoms with E-state index in [4.69, 9.17) is 10.7 Å². The number of hydrogen-bond donors (Lipinski definition) is 1. The number of hydrogen-bond acceptors (Lipinski definition) is 4. The maximum absolute atomic E-state index is 13.0. The van der Waals surface area contributed by atoms with Crippen molar-refractivity contribution in [2.24, 2.45) is 0 Å². The van der Waals surface area contributed by atoms with Crippen LogP contribution in [0.2, 0.25) is 0 Å². The normalized spacial score (nSPS) is 15.7. The number of rotatable bonds is 1. The molecular weight excluding hydrogens is 330 g/mol. The molecule has 5 heteroatoms. The Balaban J connectivity index is 1.82. The van der Waals surface area contributed by atoms with Crippen LogP contribution < -0.4 is 5.73 Å². The van der Waals surface area contributed by atoms with Gasteiger partial charge >= 0.3 is 0 Å². The number of thiophene rings is 1. The highest BCUT2D eigenvalue weighted by molar-refractivity contribution is 7.21. The van der Waals surface area contributed by atoms with E-state index in [1.807, 2.05) is 4.90 Å². The molecule has 1 aliphatic rings. The van der Waals surface area contributed by atoms with Crippen LogP contribution in [0.3, 0.4) is 0 Å². The Morgan fingerprint density at radius 3 is 2.56 bits per heavy atom. The molecule has 4 nitrogen and oxygen atoms in total. The largest absolute Gasteiger partial charge is 0.397 e. The molecule has 0 atom stereocenters. The number of fused-ring (bicyclic) bond motifs is 2. The minimum absolute atomic E-state index is 0.0689. The fraction of sp³-hybridized carbons (Fsp3) is 0.400. The van der Waals surface area contributed by atoms with Crippen LogP contribution in [-0.2, 0) is 0 Å². The van der Waals surface area contributed by atoms with E-state index in [-0.39, 0.29) is 5.91 Å². The number of amides is 1. The Bertz CT molecular complexity index is 968. The fourth-order valence-corrected chi connectivity index (χ4v) is 4.80. The molecule has 0 aliphatic carbocycles. The van der Waals surface area contributed by atoms with E-state index in [1.165, 1.54) is 29.7 Å². The lowest BCUT2D eigenvalue weighted by Gasteiger charge is -2.19. The summed E-state index contributed by atoms with van der Waals surface area (Å²) in [6.45, 7) is 5.83. The predicted octanol–water partition coefficient (Wildman–Crippen LogP) is 4.66. The molecule has 1 aliphatic heterocycles. The fourth-order valence-electron chi connectivity index (χ4n) is 3.76. The van der Waals surface area contributed by atoms with Crippen molar-refractivity contribution in [2.75, 3.05) is 18.8 Å². The molecule has 0 saturated carbocycles. The number of likely N-dealkylation sites (tertiary alicyclic amines) is 1. The Kier molecular flexibility index (Phi) is 4.12. The third-order valence-electron chi connectivity index (χ3n) is 5.04. The van der Waals surface area contributed by atoms with Crippen LogP contribution in [-0.4, -0.2) is 28.9 Å². The van der Waals surface area contributed by atoms with E-state index in [2.05, 4.69) is 32.0 Å². The van der Waals surface area contributed by atoms with Gasteiger partial charge in [-0.05, 0) is 44.4 Å². The second kappa shape index (κ2) is 6.30. The topological polar surface area (TPSA) is 59.2 Å². The molecule has 0 unspecified atom stereocenters. The average molecular weight is 353 g/mol. The maximum atomic E-state index is 13.0. The number of carbonyl (C=O) groups excluding carboxylic acids is 1. The Labute approximate surface area is 151 Å². The number of benzene rings is 1. The zero-order valence-electron chi connectivity index (χ0n) is 14.8. The van der Waals surface area contributed by atoms with Gasteiger partial charge in [-0.15, -0.1) is 11.3 Å². The molecule has 25 heavy (non-hydrogen) atoms. The first-order valence-electron chi connectivity index (χ1n) is 8.94. The van der Waals surface area contributed by atoms with Crippen LogP contribution in [0.5, 0.6) is 0 Å². The molecule has 4 rings (SSSR count). The highest BCUT2D eigenvalue weighted by Gasteiger charge is 2.23. The zero-order chi connectivity index (χ0) is 17.6. The molecule has 2 aromatic heterocycles. The molecule has 1 fully saturated rings. The van der Waals surface area contributed by atoms with Crippen molar-refractivity contribution >= 4 is 44.1 Å². The number of carbonyl (C=O) groups is 1. The van der Waals surface area contributed by atoms with Gasteiger partial charge in [0.15, 0.2) is 0 Å². The highest BCUT2D eigenvalue weighted by Crippen LogP contribution is 2.36. The van der Waals surface area contributed by atoms with Crippen LogP contribution in [0.15, 0.2) is 18.2 Å². The summed E-state index contributed by atoms with van der Waals surface area (Å²) < 4.78 is 0. The number of nitrogen functional groups attached to an aromatic ring is 1. The first kappa shape index (κ1) is 16.3. The van der Waals surface area contributed by atoms with Crippen molar-refractivity contribution < 1.29 is 4.79 Å². The van der Waals surface area contributed by atoms with E-state index in [0.29, 0.717) is 10.6 Å². The van der Waals surface area contributed by atoms with Crippen LogP contribution >= 0.6 is 11.3 Å². The number of anilines is 1. The minimum atomic E-state index is 0.0689. The van der Waals surface area contributed by atoms with Crippen LogP contribution in [0, 0.1) is 13.8 Å². The Morgan fingerprint density at radius 1 is 1.12 bits per heavy atom. The number of aryl methyl sites for hydroxylation is 2. The van der Waals surface area contributed by atoms with Crippen molar-refractivity contribution in [3.8, 4) is 0 Å². The third kappa shape index (κ3) is 2.86. The van der Waals surface area contributed by atoms with Gasteiger partial charge in [0.25, 0.3) is 5.91 Å². The average Bonchev–Trinajstić information content (AvgIpc) is 2.78. The molecule has 1 aromatic carbocycles. The van der Waals surface area contributed by atoms with E-state index >= 15 is 0 Å².